The van der Waals surface area contributed by atoms with Crippen molar-refractivity contribution >= 4 is 23.3 Å². The molecule has 1 aromatic carbocycles. The van der Waals surface area contributed by atoms with Gasteiger partial charge in [-0.15, -0.1) is 0 Å². The van der Waals surface area contributed by atoms with E-state index in [-0.39, 0.29) is 5.56 Å². The fraction of sp³-hybridized carbons (Fsp3) is 0.200. The van der Waals surface area contributed by atoms with Gasteiger partial charge >= 0.3 is 0 Å². The molecule has 1 amide bonds. The van der Waals surface area contributed by atoms with E-state index in [1.54, 1.807) is 13.0 Å². The molecule has 0 spiro atoms. The lowest BCUT2D eigenvalue weighted by atomic mass is 10.1. The summed E-state index contributed by atoms with van der Waals surface area (Å²) in [7, 11) is 1.41. The number of carbonyl (C=O) groups excluding carboxylic acids is 2. The highest BCUT2D eigenvalue weighted by molar-refractivity contribution is 6.43. The molecule has 0 radical (unpaired) electrons. The summed E-state index contributed by atoms with van der Waals surface area (Å²) >= 11 is 5.77. The average Bonchev–Trinajstić information content (AvgIpc) is 2.15. The van der Waals surface area contributed by atoms with Crippen LogP contribution in [0, 0.1) is 6.92 Å². The van der Waals surface area contributed by atoms with Gasteiger partial charge in [0.05, 0.1) is 12.7 Å². The van der Waals surface area contributed by atoms with E-state index in [2.05, 4.69) is 0 Å². The van der Waals surface area contributed by atoms with Gasteiger partial charge in [0.15, 0.2) is 0 Å². The van der Waals surface area contributed by atoms with E-state index >= 15 is 0 Å². The van der Waals surface area contributed by atoms with Crippen LogP contribution in [0.25, 0.3) is 0 Å². The third-order valence-corrected chi connectivity index (χ3v) is 2.13. The SMILES string of the molecule is COc1c(C)cc(Cl)cc1C(=O)C(N)=O. The third-order valence-electron chi connectivity index (χ3n) is 1.91. The van der Waals surface area contributed by atoms with Gasteiger partial charge in [0.25, 0.3) is 11.7 Å². The molecule has 0 bridgehead atoms. The number of hydrogen-bond acceptors (Lipinski definition) is 3. The Morgan fingerprint density at radius 3 is 2.47 bits per heavy atom. The van der Waals surface area contributed by atoms with E-state index in [0.717, 1.165) is 0 Å². The maximum Gasteiger partial charge on any atom is 0.289 e. The Kier molecular flexibility index (Phi) is 3.31. The average molecular weight is 228 g/mol. The number of Topliss-reactive ketones (excluding diaryl/α,β-unsaturated/α-hetero) is 1. The van der Waals surface area contributed by atoms with Crippen LogP contribution in [0.2, 0.25) is 5.02 Å². The predicted molar refractivity (Wildman–Crippen MR) is 56.3 cm³/mol. The van der Waals surface area contributed by atoms with Gasteiger partial charge in [-0.05, 0) is 24.6 Å². The Morgan fingerprint density at radius 2 is 2.00 bits per heavy atom. The van der Waals surface area contributed by atoms with Crippen molar-refractivity contribution in [2.75, 3.05) is 7.11 Å². The first kappa shape index (κ1) is 11.5. The maximum atomic E-state index is 11.4. The van der Waals surface area contributed by atoms with Gasteiger partial charge in [0.1, 0.15) is 5.75 Å². The summed E-state index contributed by atoms with van der Waals surface area (Å²) in [4.78, 5) is 22.2. The zero-order chi connectivity index (χ0) is 11.6. The molecular weight excluding hydrogens is 218 g/mol. The van der Waals surface area contributed by atoms with Crippen molar-refractivity contribution in [1.29, 1.82) is 0 Å². The van der Waals surface area contributed by atoms with Gasteiger partial charge in [0.2, 0.25) is 0 Å². The highest BCUT2D eigenvalue weighted by Crippen LogP contribution is 2.27. The number of methoxy groups -OCH3 is 1. The van der Waals surface area contributed by atoms with Crippen LogP contribution in [0.1, 0.15) is 15.9 Å². The topological polar surface area (TPSA) is 69.4 Å². The first-order valence-electron chi connectivity index (χ1n) is 4.15. The summed E-state index contributed by atoms with van der Waals surface area (Å²) in [6.45, 7) is 1.72. The number of ketones is 1. The molecule has 0 aliphatic heterocycles. The van der Waals surface area contributed by atoms with Gasteiger partial charge in [0, 0.05) is 5.02 Å². The first-order chi connectivity index (χ1) is 6.97. The summed E-state index contributed by atoms with van der Waals surface area (Å²) in [6, 6.07) is 3.00. The predicted octanol–water partition coefficient (Wildman–Crippen LogP) is 1.33. The monoisotopic (exact) mass is 227 g/mol. The number of benzene rings is 1. The second kappa shape index (κ2) is 4.31. The minimum Gasteiger partial charge on any atom is -0.496 e. The lowest BCUT2D eigenvalue weighted by Crippen LogP contribution is -2.23. The molecule has 5 heteroatoms. The number of aryl methyl sites for hydroxylation is 1. The van der Waals surface area contributed by atoms with E-state index in [1.807, 2.05) is 0 Å². The van der Waals surface area contributed by atoms with E-state index in [1.165, 1.54) is 13.2 Å². The van der Waals surface area contributed by atoms with Crippen LogP contribution in [0.15, 0.2) is 12.1 Å². The number of amides is 1. The van der Waals surface area contributed by atoms with Gasteiger partial charge < -0.3 is 10.5 Å². The highest BCUT2D eigenvalue weighted by Gasteiger charge is 2.19. The molecule has 15 heavy (non-hydrogen) atoms. The minimum atomic E-state index is -1.03. The Labute approximate surface area is 92.0 Å². The Balaban J connectivity index is 3.38. The second-order valence-electron chi connectivity index (χ2n) is 3.00. The van der Waals surface area contributed by atoms with E-state index < -0.39 is 11.7 Å². The van der Waals surface area contributed by atoms with Crippen LogP contribution >= 0.6 is 11.6 Å². The van der Waals surface area contributed by atoms with Gasteiger partial charge in [-0.2, -0.15) is 0 Å². The zero-order valence-corrected chi connectivity index (χ0v) is 9.09. The maximum absolute atomic E-state index is 11.4. The van der Waals surface area contributed by atoms with Crippen LogP contribution < -0.4 is 10.5 Å². The fourth-order valence-electron chi connectivity index (χ4n) is 1.30. The molecule has 1 rings (SSSR count). The lowest BCUT2D eigenvalue weighted by Gasteiger charge is -2.09. The molecule has 0 fully saturated rings. The van der Waals surface area contributed by atoms with Crippen molar-refractivity contribution in [3.05, 3.63) is 28.3 Å². The van der Waals surface area contributed by atoms with E-state index in [9.17, 15) is 9.59 Å². The van der Waals surface area contributed by atoms with Gasteiger partial charge in [-0.1, -0.05) is 11.6 Å². The summed E-state index contributed by atoms with van der Waals surface area (Å²) in [5.74, 6) is -1.52. The van der Waals surface area contributed by atoms with Gasteiger partial charge in [-0.3, -0.25) is 9.59 Å². The van der Waals surface area contributed by atoms with Crippen LogP contribution in [-0.4, -0.2) is 18.8 Å². The number of halogens is 1. The zero-order valence-electron chi connectivity index (χ0n) is 8.33. The van der Waals surface area contributed by atoms with E-state index in [4.69, 9.17) is 22.1 Å². The molecule has 80 valence electrons. The number of rotatable bonds is 3. The summed E-state index contributed by atoms with van der Waals surface area (Å²) in [6.07, 6.45) is 0. The van der Waals surface area contributed by atoms with Crippen molar-refractivity contribution in [3.63, 3.8) is 0 Å². The molecule has 0 aliphatic carbocycles. The van der Waals surface area contributed by atoms with Crippen molar-refractivity contribution in [1.82, 2.24) is 0 Å². The number of primary amides is 1. The molecule has 0 unspecified atom stereocenters. The number of hydrogen-bond donors (Lipinski definition) is 1. The highest BCUT2D eigenvalue weighted by atomic mass is 35.5. The Morgan fingerprint density at radius 1 is 1.40 bits per heavy atom. The fourth-order valence-corrected chi connectivity index (χ4v) is 1.58. The second-order valence-corrected chi connectivity index (χ2v) is 3.43. The number of carbonyl (C=O) groups is 2. The van der Waals surface area contributed by atoms with Crippen LogP contribution in [0.3, 0.4) is 0 Å². The Hall–Kier alpha value is -1.55. The summed E-state index contributed by atoms with van der Waals surface area (Å²) in [5, 5.41) is 0.359. The van der Waals surface area contributed by atoms with Crippen molar-refractivity contribution in [3.8, 4) is 5.75 Å². The van der Waals surface area contributed by atoms with Crippen LogP contribution in [0.4, 0.5) is 0 Å². The number of nitrogens with two attached hydrogens (primary N) is 1. The van der Waals surface area contributed by atoms with Crippen LogP contribution in [-0.2, 0) is 4.79 Å². The largest absolute Gasteiger partial charge is 0.496 e. The molecule has 0 aliphatic rings. The molecule has 0 saturated carbocycles. The Bertz CT molecular complexity index is 429. The molecule has 1 aromatic rings. The van der Waals surface area contributed by atoms with Gasteiger partial charge in [-0.25, -0.2) is 0 Å². The molecule has 4 nitrogen and oxygen atoms in total. The summed E-state index contributed by atoms with van der Waals surface area (Å²) in [5.41, 5.74) is 5.67. The molecule has 0 saturated heterocycles. The van der Waals surface area contributed by atoms with Crippen molar-refractivity contribution in [2.45, 2.75) is 6.92 Å². The third kappa shape index (κ3) is 2.27. The smallest absolute Gasteiger partial charge is 0.289 e. The molecule has 0 heterocycles. The van der Waals surface area contributed by atoms with E-state index in [0.29, 0.717) is 16.3 Å². The van der Waals surface area contributed by atoms with Crippen LogP contribution in [0.5, 0.6) is 5.75 Å². The summed E-state index contributed by atoms with van der Waals surface area (Å²) < 4.78 is 5.02. The van der Waals surface area contributed by atoms with Crippen molar-refractivity contribution < 1.29 is 14.3 Å². The normalized spacial score (nSPS) is 9.80. The first-order valence-corrected chi connectivity index (χ1v) is 4.53. The molecule has 0 atom stereocenters. The standard InChI is InChI=1S/C10H10ClNO3/c1-5-3-6(11)4-7(9(5)15-2)8(13)10(12)14/h3-4H,1-2H3,(H2,12,14). The number of ether oxygens (including phenoxy) is 1. The lowest BCUT2D eigenvalue weighted by molar-refractivity contribution is -0.114. The quantitative estimate of drug-likeness (QED) is 0.626. The molecule has 0 aromatic heterocycles. The molecule has 2 N–H and O–H groups in total. The minimum absolute atomic E-state index is 0.0926. The van der Waals surface area contributed by atoms with Crippen molar-refractivity contribution in [2.24, 2.45) is 5.73 Å². The molecular formula is C10H10ClNO3.